The standard InChI is InChI=1S/C11H18N2O2/c1-2-5-9-12-10(15-13-9)8-11(14)6-3-4-7-11/h14H,2-8H2,1H3. The van der Waals surface area contributed by atoms with Crippen molar-refractivity contribution in [3.63, 3.8) is 0 Å². The Kier molecular flexibility index (Phi) is 3.05. The Bertz CT molecular complexity index is 316. The Balaban J connectivity index is 1.97. The third-order valence-corrected chi connectivity index (χ3v) is 3.00. The Morgan fingerprint density at radius 1 is 1.40 bits per heavy atom. The van der Waals surface area contributed by atoms with Crippen LogP contribution in [-0.2, 0) is 12.8 Å². The summed E-state index contributed by atoms with van der Waals surface area (Å²) in [6.45, 7) is 2.08. The Morgan fingerprint density at radius 3 is 2.80 bits per heavy atom. The number of nitrogens with zero attached hydrogens (tertiary/aromatic N) is 2. The van der Waals surface area contributed by atoms with Crippen LogP contribution in [0.4, 0.5) is 0 Å². The lowest BCUT2D eigenvalue weighted by Gasteiger charge is -2.18. The van der Waals surface area contributed by atoms with Crippen LogP contribution in [0.1, 0.15) is 50.7 Å². The van der Waals surface area contributed by atoms with E-state index >= 15 is 0 Å². The molecule has 0 spiro atoms. The van der Waals surface area contributed by atoms with Crippen LogP contribution in [0.2, 0.25) is 0 Å². The predicted octanol–water partition coefficient (Wildman–Crippen LogP) is 1.87. The minimum absolute atomic E-state index is 0.518. The summed E-state index contributed by atoms with van der Waals surface area (Å²) >= 11 is 0. The maximum Gasteiger partial charge on any atom is 0.229 e. The highest BCUT2D eigenvalue weighted by Gasteiger charge is 2.33. The minimum Gasteiger partial charge on any atom is -0.389 e. The van der Waals surface area contributed by atoms with Gasteiger partial charge in [-0.15, -0.1) is 0 Å². The van der Waals surface area contributed by atoms with Gasteiger partial charge in [0.2, 0.25) is 5.89 Å². The Morgan fingerprint density at radius 2 is 2.13 bits per heavy atom. The van der Waals surface area contributed by atoms with E-state index in [-0.39, 0.29) is 0 Å². The topological polar surface area (TPSA) is 59.2 Å². The molecule has 84 valence electrons. The SMILES string of the molecule is CCCc1noc(CC2(O)CCCC2)n1. The van der Waals surface area contributed by atoms with E-state index in [1.807, 2.05) is 0 Å². The first-order valence-electron chi connectivity index (χ1n) is 5.76. The molecular formula is C11H18N2O2. The van der Waals surface area contributed by atoms with Crippen molar-refractivity contribution in [1.29, 1.82) is 0 Å². The summed E-state index contributed by atoms with van der Waals surface area (Å²) in [7, 11) is 0. The van der Waals surface area contributed by atoms with Crippen LogP contribution < -0.4 is 0 Å². The maximum absolute atomic E-state index is 10.2. The molecule has 1 aliphatic rings. The van der Waals surface area contributed by atoms with E-state index < -0.39 is 5.60 Å². The van der Waals surface area contributed by atoms with Crippen molar-refractivity contribution < 1.29 is 9.63 Å². The third kappa shape index (κ3) is 2.56. The van der Waals surface area contributed by atoms with Gasteiger partial charge in [0, 0.05) is 6.42 Å². The predicted molar refractivity (Wildman–Crippen MR) is 55.4 cm³/mol. The van der Waals surface area contributed by atoms with E-state index in [0.717, 1.165) is 44.3 Å². The average Bonchev–Trinajstić information content (AvgIpc) is 2.77. The molecule has 1 heterocycles. The third-order valence-electron chi connectivity index (χ3n) is 3.00. The van der Waals surface area contributed by atoms with Gasteiger partial charge in [0.1, 0.15) is 0 Å². The van der Waals surface area contributed by atoms with Crippen LogP contribution in [0.3, 0.4) is 0 Å². The number of hydrogen-bond acceptors (Lipinski definition) is 4. The first-order chi connectivity index (χ1) is 7.22. The van der Waals surface area contributed by atoms with E-state index in [4.69, 9.17) is 4.52 Å². The van der Waals surface area contributed by atoms with Gasteiger partial charge < -0.3 is 9.63 Å². The lowest BCUT2D eigenvalue weighted by Crippen LogP contribution is -2.27. The second-order valence-corrected chi connectivity index (χ2v) is 4.46. The highest BCUT2D eigenvalue weighted by Crippen LogP contribution is 2.32. The molecule has 1 fully saturated rings. The van der Waals surface area contributed by atoms with Gasteiger partial charge in [-0.2, -0.15) is 4.98 Å². The van der Waals surface area contributed by atoms with Crippen molar-refractivity contribution in [3.8, 4) is 0 Å². The fraction of sp³-hybridized carbons (Fsp3) is 0.818. The smallest absolute Gasteiger partial charge is 0.229 e. The summed E-state index contributed by atoms with van der Waals surface area (Å²) < 4.78 is 5.12. The van der Waals surface area contributed by atoms with Gasteiger partial charge in [-0.1, -0.05) is 24.9 Å². The number of rotatable bonds is 4. The zero-order chi connectivity index (χ0) is 10.7. The van der Waals surface area contributed by atoms with Crippen LogP contribution in [0, 0.1) is 0 Å². The van der Waals surface area contributed by atoms with Gasteiger partial charge in [-0.05, 0) is 19.3 Å². The van der Waals surface area contributed by atoms with Gasteiger partial charge in [-0.25, -0.2) is 0 Å². The molecule has 0 bridgehead atoms. The van der Waals surface area contributed by atoms with Crippen molar-refractivity contribution in [2.75, 3.05) is 0 Å². The van der Waals surface area contributed by atoms with Gasteiger partial charge in [0.15, 0.2) is 5.82 Å². The van der Waals surface area contributed by atoms with E-state index in [2.05, 4.69) is 17.1 Å². The number of aromatic nitrogens is 2. The normalized spacial score (nSPS) is 19.6. The molecule has 1 aromatic rings. The molecule has 0 amide bonds. The summed E-state index contributed by atoms with van der Waals surface area (Å²) in [5, 5.41) is 14.0. The van der Waals surface area contributed by atoms with Gasteiger partial charge in [-0.3, -0.25) is 0 Å². The lowest BCUT2D eigenvalue weighted by molar-refractivity contribution is 0.0402. The summed E-state index contributed by atoms with van der Waals surface area (Å²) in [6.07, 6.45) is 6.31. The molecule has 1 N–H and O–H groups in total. The molecular weight excluding hydrogens is 192 g/mol. The maximum atomic E-state index is 10.2. The van der Waals surface area contributed by atoms with Gasteiger partial charge in [0.25, 0.3) is 0 Å². The molecule has 1 aromatic heterocycles. The molecule has 0 unspecified atom stereocenters. The highest BCUT2D eigenvalue weighted by molar-refractivity contribution is 4.95. The van der Waals surface area contributed by atoms with Crippen molar-refractivity contribution in [2.24, 2.45) is 0 Å². The summed E-state index contributed by atoms with van der Waals surface area (Å²) in [5.41, 5.74) is -0.587. The van der Waals surface area contributed by atoms with Gasteiger partial charge >= 0.3 is 0 Å². The zero-order valence-corrected chi connectivity index (χ0v) is 9.20. The molecule has 0 atom stereocenters. The quantitative estimate of drug-likeness (QED) is 0.824. The fourth-order valence-electron chi connectivity index (χ4n) is 2.18. The summed E-state index contributed by atoms with van der Waals surface area (Å²) in [5.74, 6) is 1.34. The molecule has 2 rings (SSSR count). The molecule has 4 heteroatoms. The summed E-state index contributed by atoms with van der Waals surface area (Å²) in [6, 6.07) is 0. The number of aliphatic hydroxyl groups is 1. The molecule has 15 heavy (non-hydrogen) atoms. The Labute approximate surface area is 89.7 Å². The van der Waals surface area contributed by atoms with E-state index in [0.29, 0.717) is 12.3 Å². The average molecular weight is 210 g/mol. The first-order valence-corrected chi connectivity index (χ1v) is 5.76. The molecule has 0 saturated heterocycles. The van der Waals surface area contributed by atoms with E-state index in [1.54, 1.807) is 0 Å². The van der Waals surface area contributed by atoms with Crippen molar-refractivity contribution in [1.82, 2.24) is 10.1 Å². The lowest BCUT2D eigenvalue weighted by atomic mass is 9.98. The fourth-order valence-corrected chi connectivity index (χ4v) is 2.18. The molecule has 0 aliphatic heterocycles. The van der Waals surface area contributed by atoms with Gasteiger partial charge in [0.05, 0.1) is 12.0 Å². The van der Waals surface area contributed by atoms with Crippen LogP contribution in [-0.4, -0.2) is 20.8 Å². The molecule has 4 nitrogen and oxygen atoms in total. The second-order valence-electron chi connectivity index (χ2n) is 4.46. The monoisotopic (exact) mass is 210 g/mol. The number of hydrogen-bond donors (Lipinski definition) is 1. The highest BCUT2D eigenvalue weighted by atomic mass is 16.5. The van der Waals surface area contributed by atoms with E-state index in [9.17, 15) is 5.11 Å². The largest absolute Gasteiger partial charge is 0.389 e. The summed E-state index contributed by atoms with van der Waals surface area (Å²) in [4.78, 5) is 4.27. The van der Waals surface area contributed by atoms with Crippen LogP contribution in [0.15, 0.2) is 4.52 Å². The van der Waals surface area contributed by atoms with Crippen molar-refractivity contribution in [3.05, 3.63) is 11.7 Å². The number of aryl methyl sites for hydroxylation is 1. The minimum atomic E-state index is -0.587. The molecule has 0 aromatic carbocycles. The molecule has 0 radical (unpaired) electrons. The van der Waals surface area contributed by atoms with Crippen molar-refractivity contribution >= 4 is 0 Å². The van der Waals surface area contributed by atoms with Crippen LogP contribution in [0.25, 0.3) is 0 Å². The van der Waals surface area contributed by atoms with E-state index in [1.165, 1.54) is 0 Å². The van der Waals surface area contributed by atoms with Crippen LogP contribution in [0.5, 0.6) is 0 Å². The van der Waals surface area contributed by atoms with Crippen molar-refractivity contribution in [2.45, 2.75) is 57.5 Å². The second kappa shape index (κ2) is 4.31. The molecule has 1 aliphatic carbocycles. The molecule has 1 saturated carbocycles. The Hall–Kier alpha value is -0.900. The first kappa shape index (κ1) is 10.6. The zero-order valence-electron chi connectivity index (χ0n) is 9.20. The van der Waals surface area contributed by atoms with Crippen LogP contribution >= 0.6 is 0 Å².